The summed E-state index contributed by atoms with van der Waals surface area (Å²) in [4.78, 5) is 6.82. The van der Waals surface area contributed by atoms with E-state index in [4.69, 9.17) is 5.73 Å². The van der Waals surface area contributed by atoms with Crippen LogP contribution in [0.2, 0.25) is 0 Å². The quantitative estimate of drug-likeness (QED) is 0.879. The smallest absolute Gasteiger partial charge is 0.183 e. The van der Waals surface area contributed by atoms with E-state index >= 15 is 0 Å². The van der Waals surface area contributed by atoms with Crippen molar-refractivity contribution < 1.29 is 0 Å². The van der Waals surface area contributed by atoms with E-state index < -0.39 is 0 Å². The molecule has 0 unspecified atom stereocenters. The maximum absolute atomic E-state index is 6.09. The topological polar surface area (TPSA) is 60.0 Å². The molecule has 0 saturated carbocycles. The number of hydrogen-bond donors (Lipinski definition) is 1. The van der Waals surface area contributed by atoms with Gasteiger partial charge in [-0.05, 0) is 32.3 Å². The van der Waals surface area contributed by atoms with Crippen LogP contribution in [0.25, 0.3) is 11.0 Å². The zero-order chi connectivity index (χ0) is 12.5. The van der Waals surface area contributed by atoms with Gasteiger partial charge in [0.25, 0.3) is 0 Å². The number of pyridine rings is 1. The molecule has 18 heavy (non-hydrogen) atoms. The highest BCUT2D eigenvalue weighted by atomic mass is 15.3. The number of hydrogen-bond acceptors (Lipinski definition) is 4. The number of anilines is 2. The molecule has 1 aliphatic heterocycles. The third kappa shape index (κ3) is 1.79. The molecule has 1 aliphatic rings. The van der Waals surface area contributed by atoms with E-state index in [9.17, 15) is 0 Å². The fourth-order valence-electron chi connectivity index (χ4n) is 2.59. The van der Waals surface area contributed by atoms with Crippen LogP contribution >= 0.6 is 0 Å². The Labute approximate surface area is 107 Å². The number of aromatic nitrogens is 3. The molecular weight excluding hydrogens is 226 g/mol. The van der Waals surface area contributed by atoms with Crippen molar-refractivity contribution in [2.24, 2.45) is 0 Å². The highest BCUT2D eigenvalue weighted by molar-refractivity contribution is 5.88. The maximum atomic E-state index is 6.09. The Morgan fingerprint density at radius 1 is 1.28 bits per heavy atom. The number of piperidine rings is 1. The number of aryl methyl sites for hydroxylation is 1. The number of fused-ring (bicyclic) bond motifs is 1. The Balaban J connectivity index is 2.01. The van der Waals surface area contributed by atoms with Crippen LogP contribution in [-0.2, 0) is 6.54 Å². The summed E-state index contributed by atoms with van der Waals surface area (Å²) < 4.78 is 1.80. The third-order valence-electron chi connectivity index (χ3n) is 3.64. The summed E-state index contributed by atoms with van der Waals surface area (Å²) in [5, 5.41) is 5.35. The van der Waals surface area contributed by atoms with Crippen LogP contribution in [0, 0.1) is 0 Å². The Bertz CT molecular complexity index is 554. The molecule has 0 radical (unpaired) electrons. The van der Waals surface area contributed by atoms with Crippen molar-refractivity contribution in [1.29, 1.82) is 0 Å². The average Bonchev–Trinajstić information content (AvgIpc) is 2.76. The lowest BCUT2D eigenvalue weighted by atomic mass is 10.1. The molecule has 3 heterocycles. The summed E-state index contributed by atoms with van der Waals surface area (Å²) in [5.74, 6) is 0.721. The minimum Gasteiger partial charge on any atom is -0.383 e. The van der Waals surface area contributed by atoms with Gasteiger partial charge in [0.2, 0.25) is 0 Å². The van der Waals surface area contributed by atoms with Crippen LogP contribution in [0.15, 0.2) is 12.3 Å². The van der Waals surface area contributed by atoms with E-state index in [-0.39, 0.29) is 0 Å². The van der Waals surface area contributed by atoms with E-state index in [1.54, 1.807) is 4.68 Å². The van der Waals surface area contributed by atoms with Gasteiger partial charge in [-0.2, -0.15) is 5.10 Å². The molecule has 2 N–H and O–H groups in total. The SMILES string of the molecule is CCn1nc2ncc(N3CCCCC3)cc2c1N. The molecule has 0 aromatic carbocycles. The van der Waals surface area contributed by atoms with Crippen LogP contribution in [-0.4, -0.2) is 27.9 Å². The van der Waals surface area contributed by atoms with E-state index in [1.807, 2.05) is 13.1 Å². The van der Waals surface area contributed by atoms with Crippen molar-refractivity contribution in [1.82, 2.24) is 14.8 Å². The van der Waals surface area contributed by atoms with Crippen molar-refractivity contribution >= 4 is 22.5 Å². The first-order valence-corrected chi connectivity index (χ1v) is 6.66. The van der Waals surface area contributed by atoms with Gasteiger partial charge in [0.1, 0.15) is 5.82 Å². The van der Waals surface area contributed by atoms with Crippen molar-refractivity contribution in [3.8, 4) is 0 Å². The van der Waals surface area contributed by atoms with E-state index in [0.717, 1.165) is 36.5 Å². The molecule has 5 heteroatoms. The molecular formula is C13H19N5. The Morgan fingerprint density at radius 2 is 2.06 bits per heavy atom. The van der Waals surface area contributed by atoms with E-state index in [1.165, 1.54) is 24.9 Å². The summed E-state index contributed by atoms with van der Waals surface area (Å²) in [6, 6.07) is 2.13. The maximum Gasteiger partial charge on any atom is 0.183 e. The second-order valence-corrected chi connectivity index (χ2v) is 4.81. The fourth-order valence-corrected chi connectivity index (χ4v) is 2.59. The molecule has 2 aromatic rings. The van der Waals surface area contributed by atoms with Gasteiger partial charge in [0.05, 0.1) is 17.3 Å². The zero-order valence-electron chi connectivity index (χ0n) is 10.8. The molecule has 0 spiro atoms. The van der Waals surface area contributed by atoms with E-state index in [2.05, 4.69) is 21.0 Å². The van der Waals surface area contributed by atoms with Crippen molar-refractivity contribution in [2.75, 3.05) is 23.7 Å². The predicted octanol–water partition coefficient (Wildman–Crippen LogP) is 2.02. The highest BCUT2D eigenvalue weighted by Crippen LogP contribution is 2.26. The van der Waals surface area contributed by atoms with Crippen LogP contribution in [0.5, 0.6) is 0 Å². The molecule has 0 aliphatic carbocycles. The molecule has 2 aromatic heterocycles. The van der Waals surface area contributed by atoms with Crippen molar-refractivity contribution in [3.05, 3.63) is 12.3 Å². The summed E-state index contributed by atoms with van der Waals surface area (Å²) >= 11 is 0. The summed E-state index contributed by atoms with van der Waals surface area (Å²) in [6.45, 7) is 5.05. The van der Waals surface area contributed by atoms with E-state index in [0.29, 0.717) is 0 Å². The van der Waals surface area contributed by atoms with Crippen LogP contribution in [0.3, 0.4) is 0 Å². The Kier molecular flexibility index (Phi) is 2.81. The van der Waals surface area contributed by atoms with Crippen LogP contribution in [0.1, 0.15) is 26.2 Å². The van der Waals surface area contributed by atoms with Gasteiger partial charge >= 0.3 is 0 Å². The molecule has 0 atom stereocenters. The first kappa shape index (κ1) is 11.3. The minimum absolute atomic E-state index is 0.721. The normalized spacial score (nSPS) is 16.4. The monoisotopic (exact) mass is 245 g/mol. The van der Waals surface area contributed by atoms with Gasteiger partial charge in [-0.3, -0.25) is 0 Å². The number of nitrogens with two attached hydrogens (primary N) is 1. The molecule has 96 valence electrons. The largest absolute Gasteiger partial charge is 0.383 e. The predicted molar refractivity (Wildman–Crippen MR) is 73.7 cm³/mol. The third-order valence-corrected chi connectivity index (χ3v) is 3.64. The first-order chi connectivity index (χ1) is 8.79. The number of nitrogens with zero attached hydrogens (tertiary/aromatic N) is 4. The van der Waals surface area contributed by atoms with Crippen LogP contribution in [0.4, 0.5) is 11.5 Å². The van der Waals surface area contributed by atoms with Gasteiger partial charge in [0.15, 0.2) is 5.65 Å². The minimum atomic E-state index is 0.721. The summed E-state index contributed by atoms with van der Waals surface area (Å²) in [5.41, 5.74) is 8.01. The molecule has 0 amide bonds. The van der Waals surface area contributed by atoms with Gasteiger partial charge in [0, 0.05) is 19.6 Å². The lowest BCUT2D eigenvalue weighted by molar-refractivity contribution is 0.577. The highest BCUT2D eigenvalue weighted by Gasteiger charge is 2.14. The second-order valence-electron chi connectivity index (χ2n) is 4.81. The van der Waals surface area contributed by atoms with Crippen molar-refractivity contribution in [2.45, 2.75) is 32.7 Å². The summed E-state index contributed by atoms with van der Waals surface area (Å²) in [6.07, 6.45) is 5.78. The van der Waals surface area contributed by atoms with Gasteiger partial charge in [-0.15, -0.1) is 0 Å². The molecule has 5 nitrogen and oxygen atoms in total. The zero-order valence-corrected chi connectivity index (χ0v) is 10.8. The molecule has 1 fully saturated rings. The first-order valence-electron chi connectivity index (χ1n) is 6.66. The lowest BCUT2D eigenvalue weighted by Gasteiger charge is -2.28. The fraction of sp³-hybridized carbons (Fsp3) is 0.538. The summed E-state index contributed by atoms with van der Waals surface area (Å²) in [7, 11) is 0. The van der Waals surface area contributed by atoms with Crippen molar-refractivity contribution in [3.63, 3.8) is 0 Å². The average molecular weight is 245 g/mol. The van der Waals surface area contributed by atoms with Gasteiger partial charge in [-0.1, -0.05) is 0 Å². The van der Waals surface area contributed by atoms with Gasteiger partial charge < -0.3 is 10.6 Å². The molecule has 1 saturated heterocycles. The standard InChI is InChI=1S/C13H19N5/c1-2-18-12(14)11-8-10(9-15-13(11)16-18)17-6-4-3-5-7-17/h8-9H,2-7,14H2,1H3. The number of rotatable bonds is 2. The Morgan fingerprint density at radius 3 is 2.78 bits per heavy atom. The lowest BCUT2D eigenvalue weighted by Crippen LogP contribution is -2.29. The second kappa shape index (κ2) is 4.48. The molecule has 3 rings (SSSR count). The molecule has 0 bridgehead atoms. The van der Waals surface area contributed by atoms with Gasteiger partial charge in [-0.25, -0.2) is 9.67 Å². The number of nitrogen functional groups attached to an aromatic ring is 1. The Hall–Kier alpha value is -1.78. The van der Waals surface area contributed by atoms with Crippen LogP contribution < -0.4 is 10.6 Å².